The summed E-state index contributed by atoms with van der Waals surface area (Å²) in [6.07, 6.45) is 3.05. The second-order valence-corrected chi connectivity index (χ2v) is 5.26. The number of hydrogen-bond donors (Lipinski definition) is 1. The van der Waals surface area contributed by atoms with E-state index < -0.39 is 0 Å². The summed E-state index contributed by atoms with van der Waals surface area (Å²) in [5, 5.41) is 2.93. The minimum absolute atomic E-state index is 0.0742. The van der Waals surface area contributed by atoms with Gasteiger partial charge in [0.05, 0.1) is 0 Å². The van der Waals surface area contributed by atoms with Gasteiger partial charge >= 0.3 is 0 Å². The molecule has 16 heavy (non-hydrogen) atoms. The molecule has 1 aliphatic rings. The van der Waals surface area contributed by atoms with Crippen LogP contribution in [0.1, 0.15) is 46.1 Å². The van der Waals surface area contributed by atoms with Crippen molar-refractivity contribution in [3.63, 3.8) is 0 Å². The van der Waals surface area contributed by atoms with E-state index in [4.69, 9.17) is 0 Å². The molecule has 1 aliphatic heterocycles. The summed E-state index contributed by atoms with van der Waals surface area (Å²) in [5.41, 5.74) is 3.22. The van der Waals surface area contributed by atoms with E-state index in [2.05, 4.69) is 40.3 Å². The van der Waals surface area contributed by atoms with Gasteiger partial charge in [0.2, 0.25) is 0 Å². The van der Waals surface area contributed by atoms with Crippen LogP contribution in [-0.4, -0.2) is 12.5 Å². The van der Waals surface area contributed by atoms with Crippen LogP contribution in [0.5, 0.6) is 0 Å². The molecule has 3 heteroatoms. The number of rotatable bonds is 2. The summed E-state index contributed by atoms with van der Waals surface area (Å²) in [6.45, 7) is 2.92. The van der Waals surface area contributed by atoms with Crippen LogP contribution in [-0.2, 0) is 6.42 Å². The molecule has 86 valence electrons. The molecule has 1 heterocycles. The van der Waals surface area contributed by atoms with Crippen molar-refractivity contribution in [3.05, 3.63) is 34.9 Å². The third-order valence-corrected chi connectivity index (χ3v) is 4.18. The Morgan fingerprint density at radius 2 is 2.31 bits per heavy atom. The number of halogens is 1. The number of alkyl halides is 1. The lowest BCUT2D eigenvalue weighted by Gasteiger charge is -2.11. The maximum absolute atomic E-state index is 11.8. The first kappa shape index (κ1) is 11.6. The van der Waals surface area contributed by atoms with Crippen LogP contribution in [0.3, 0.4) is 0 Å². The van der Waals surface area contributed by atoms with Gasteiger partial charge in [-0.2, -0.15) is 0 Å². The molecular weight excluding hydrogens is 266 g/mol. The average molecular weight is 282 g/mol. The highest BCUT2D eigenvalue weighted by Gasteiger charge is 2.16. The summed E-state index contributed by atoms with van der Waals surface area (Å²) >= 11 is 3.62. The third-order valence-electron chi connectivity index (χ3n) is 3.01. The van der Waals surface area contributed by atoms with Gasteiger partial charge in [0.25, 0.3) is 5.91 Å². The minimum Gasteiger partial charge on any atom is -0.352 e. The standard InChI is InChI=1S/C13H16BrNO/c1-2-12(14)10-6-5-9-4-3-7-15-13(16)11(9)8-10/h5-6,8,12H,2-4,7H2,1H3,(H,15,16). The number of benzene rings is 1. The molecule has 2 nitrogen and oxygen atoms in total. The summed E-state index contributed by atoms with van der Waals surface area (Å²) in [4.78, 5) is 12.2. The normalized spacial score (nSPS) is 17.2. The maximum atomic E-state index is 11.8. The van der Waals surface area contributed by atoms with Gasteiger partial charge in [0.1, 0.15) is 0 Å². The topological polar surface area (TPSA) is 29.1 Å². The number of aryl methyl sites for hydroxylation is 1. The van der Waals surface area contributed by atoms with Gasteiger partial charge in [-0.25, -0.2) is 0 Å². The monoisotopic (exact) mass is 281 g/mol. The molecule has 0 saturated heterocycles. The largest absolute Gasteiger partial charge is 0.352 e. The number of amides is 1. The van der Waals surface area contributed by atoms with Gasteiger partial charge in [-0.05, 0) is 36.5 Å². The zero-order chi connectivity index (χ0) is 11.5. The van der Waals surface area contributed by atoms with E-state index >= 15 is 0 Å². The molecule has 1 N–H and O–H groups in total. The smallest absolute Gasteiger partial charge is 0.251 e. The average Bonchev–Trinajstić information content (AvgIpc) is 2.50. The minimum atomic E-state index is 0.0742. The molecule has 0 radical (unpaired) electrons. The van der Waals surface area contributed by atoms with E-state index in [-0.39, 0.29) is 5.91 Å². The van der Waals surface area contributed by atoms with E-state index in [1.807, 2.05) is 6.07 Å². The van der Waals surface area contributed by atoms with Crippen molar-refractivity contribution in [1.29, 1.82) is 0 Å². The Hall–Kier alpha value is -0.830. The van der Waals surface area contributed by atoms with Crippen LogP contribution in [0.4, 0.5) is 0 Å². The van der Waals surface area contributed by atoms with Crippen molar-refractivity contribution in [2.75, 3.05) is 6.54 Å². The first-order valence-electron chi connectivity index (χ1n) is 5.77. The summed E-state index contributed by atoms with van der Waals surface area (Å²) in [7, 11) is 0. The predicted octanol–water partition coefficient (Wildman–Crippen LogP) is 3.21. The molecule has 0 saturated carbocycles. The number of nitrogens with one attached hydrogen (secondary N) is 1. The molecule has 0 fully saturated rings. The van der Waals surface area contributed by atoms with Gasteiger partial charge in [0, 0.05) is 16.9 Å². The predicted molar refractivity (Wildman–Crippen MR) is 69.1 cm³/mol. The van der Waals surface area contributed by atoms with E-state index in [9.17, 15) is 4.79 Å². The Kier molecular flexibility index (Phi) is 3.64. The van der Waals surface area contributed by atoms with Gasteiger partial charge in [-0.3, -0.25) is 4.79 Å². The van der Waals surface area contributed by atoms with Crippen molar-refractivity contribution in [1.82, 2.24) is 5.32 Å². The zero-order valence-corrected chi connectivity index (χ0v) is 11.0. The lowest BCUT2D eigenvalue weighted by Crippen LogP contribution is -2.22. The molecule has 1 atom stereocenters. The maximum Gasteiger partial charge on any atom is 0.251 e. The molecule has 1 unspecified atom stereocenters. The van der Waals surface area contributed by atoms with Crippen LogP contribution in [0.25, 0.3) is 0 Å². The second-order valence-electron chi connectivity index (χ2n) is 4.15. The van der Waals surface area contributed by atoms with E-state index in [0.29, 0.717) is 4.83 Å². The Morgan fingerprint density at radius 3 is 3.06 bits per heavy atom. The molecule has 1 amide bonds. The second kappa shape index (κ2) is 5.00. The third kappa shape index (κ3) is 2.29. The fourth-order valence-electron chi connectivity index (χ4n) is 2.03. The molecule has 0 bridgehead atoms. The van der Waals surface area contributed by atoms with Crippen molar-refractivity contribution in [2.24, 2.45) is 0 Å². The van der Waals surface area contributed by atoms with Crippen molar-refractivity contribution in [2.45, 2.75) is 31.0 Å². The molecule has 1 aromatic carbocycles. The summed E-state index contributed by atoms with van der Waals surface area (Å²) < 4.78 is 0. The van der Waals surface area contributed by atoms with Gasteiger partial charge in [-0.1, -0.05) is 35.0 Å². The Balaban J connectivity index is 2.39. The van der Waals surface area contributed by atoms with Gasteiger partial charge in [0.15, 0.2) is 0 Å². The van der Waals surface area contributed by atoms with Crippen LogP contribution in [0.15, 0.2) is 18.2 Å². The summed E-state index contributed by atoms with van der Waals surface area (Å²) in [6, 6.07) is 6.25. The fourth-order valence-corrected chi connectivity index (χ4v) is 2.31. The number of carbonyl (C=O) groups is 1. The van der Waals surface area contributed by atoms with E-state index in [0.717, 1.165) is 31.4 Å². The molecule has 0 aliphatic carbocycles. The van der Waals surface area contributed by atoms with Gasteiger partial charge < -0.3 is 5.32 Å². The van der Waals surface area contributed by atoms with Crippen molar-refractivity contribution < 1.29 is 4.79 Å². The summed E-state index contributed by atoms with van der Waals surface area (Å²) in [5.74, 6) is 0.0742. The number of fused-ring (bicyclic) bond motifs is 1. The van der Waals surface area contributed by atoms with Crippen LogP contribution in [0, 0.1) is 0 Å². The molecule has 0 spiro atoms. The number of carbonyl (C=O) groups excluding carboxylic acids is 1. The Labute approximate surface area is 105 Å². The van der Waals surface area contributed by atoms with E-state index in [1.165, 1.54) is 11.1 Å². The molecule has 1 aromatic rings. The number of hydrogen-bond acceptors (Lipinski definition) is 1. The van der Waals surface area contributed by atoms with Crippen LogP contribution < -0.4 is 5.32 Å². The van der Waals surface area contributed by atoms with Crippen molar-refractivity contribution >= 4 is 21.8 Å². The Bertz CT molecular complexity index is 403. The molecule has 0 aromatic heterocycles. The fraction of sp³-hybridized carbons (Fsp3) is 0.462. The lowest BCUT2D eigenvalue weighted by molar-refractivity contribution is 0.0956. The Morgan fingerprint density at radius 1 is 1.50 bits per heavy atom. The highest BCUT2D eigenvalue weighted by Crippen LogP contribution is 2.28. The lowest BCUT2D eigenvalue weighted by atomic mass is 9.99. The SMILES string of the molecule is CCC(Br)c1ccc2c(c1)C(=O)NCCC2. The first-order valence-corrected chi connectivity index (χ1v) is 6.69. The highest BCUT2D eigenvalue weighted by atomic mass is 79.9. The first-order chi connectivity index (χ1) is 7.72. The van der Waals surface area contributed by atoms with Crippen LogP contribution in [0.2, 0.25) is 0 Å². The zero-order valence-electron chi connectivity index (χ0n) is 9.42. The molecule has 2 rings (SSSR count). The highest BCUT2D eigenvalue weighted by molar-refractivity contribution is 9.09. The molecular formula is C13H16BrNO. The van der Waals surface area contributed by atoms with Crippen LogP contribution >= 0.6 is 15.9 Å². The van der Waals surface area contributed by atoms with E-state index in [1.54, 1.807) is 0 Å². The van der Waals surface area contributed by atoms with Crippen molar-refractivity contribution in [3.8, 4) is 0 Å². The quantitative estimate of drug-likeness (QED) is 0.829. The van der Waals surface area contributed by atoms with Gasteiger partial charge in [-0.15, -0.1) is 0 Å².